The molecule has 5 heteroatoms. The Bertz CT molecular complexity index is 682. The molecule has 0 N–H and O–H groups in total. The molecule has 19 heavy (non-hydrogen) atoms. The maximum absolute atomic E-state index is 12.5. The van der Waals surface area contributed by atoms with Crippen molar-refractivity contribution < 1.29 is 4.79 Å². The second-order valence-corrected chi connectivity index (χ2v) is 5.82. The van der Waals surface area contributed by atoms with Gasteiger partial charge in [-0.2, -0.15) is 4.99 Å². The number of nitrogens with zero attached hydrogens (tertiary/aromatic N) is 1. The van der Waals surface area contributed by atoms with E-state index in [9.17, 15) is 4.79 Å². The van der Waals surface area contributed by atoms with Crippen molar-refractivity contribution in [2.45, 2.75) is 13.8 Å². The lowest BCUT2D eigenvalue weighted by Gasteiger charge is -2.02. The van der Waals surface area contributed by atoms with Crippen molar-refractivity contribution in [3.8, 4) is 0 Å². The van der Waals surface area contributed by atoms with E-state index in [1.807, 2.05) is 13.8 Å². The van der Waals surface area contributed by atoms with Gasteiger partial charge in [-0.15, -0.1) is 11.3 Å². The van der Waals surface area contributed by atoms with Crippen LogP contribution in [0, 0.1) is 13.8 Å². The Morgan fingerprint density at radius 1 is 1.32 bits per heavy atom. The number of aryl methyl sites for hydroxylation is 1. The number of thiophene rings is 1. The number of halogens is 1. The molecule has 2 rings (SSSR count). The van der Waals surface area contributed by atoms with Crippen molar-refractivity contribution in [2.24, 2.45) is 4.99 Å². The monoisotopic (exact) mass is 307 g/mol. The zero-order chi connectivity index (χ0) is 14.0. The van der Waals surface area contributed by atoms with Crippen LogP contribution in [0.2, 0.25) is 5.02 Å². The highest BCUT2D eigenvalue weighted by Gasteiger charge is 2.20. The summed E-state index contributed by atoms with van der Waals surface area (Å²) in [5, 5.41) is 3.55. The van der Waals surface area contributed by atoms with E-state index in [0.29, 0.717) is 21.2 Å². The van der Waals surface area contributed by atoms with E-state index in [1.54, 1.807) is 24.3 Å². The Morgan fingerprint density at radius 2 is 1.95 bits per heavy atom. The van der Waals surface area contributed by atoms with E-state index in [1.165, 1.54) is 11.3 Å². The number of ketones is 1. The molecule has 2 aromatic rings. The number of rotatable bonds is 3. The fourth-order valence-corrected chi connectivity index (χ4v) is 3.00. The lowest BCUT2D eigenvalue weighted by molar-refractivity contribution is 0.103. The number of hydrogen-bond acceptors (Lipinski definition) is 4. The number of thiocarbonyl (C=S) groups is 1. The third kappa shape index (κ3) is 2.82. The molecule has 1 aromatic heterocycles. The molecule has 0 unspecified atom stereocenters. The standard InChI is InChI=1S/C14H10ClNOS2/c1-8-9(2)19-14(16-7-18)12(8)13(17)10-3-5-11(15)6-4-10/h3-6H,1-2H3. The first kappa shape index (κ1) is 14.1. The third-order valence-electron chi connectivity index (χ3n) is 2.85. The zero-order valence-corrected chi connectivity index (χ0v) is 12.7. The molecule has 2 nitrogen and oxygen atoms in total. The minimum atomic E-state index is -0.0671. The summed E-state index contributed by atoms with van der Waals surface area (Å²) in [6, 6.07) is 6.82. The van der Waals surface area contributed by atoms with E-state index in [0.717, 1.165) is 10.4 Å². The van der Waals surface area contributed by atoms with Crippen LogP contribution in [-0.2, 0) is 0 Å². The summed E-state index contributed by atoms with van der Waals surface area (Å²) < 4.78 is 0. The van der Waals surface area contributed by atoms with E-state index in [-0.39, 0.29) is 5.78 Å². The molecule has 0 aliphatic carbocycles. The summed E-state index contributed by atoms with van der Waals surface area (Å²) in [6.07, 6.45) is 0. The second kappa shape index (κ2) is 5.76. The highest BCUT2D eigenvalue weighted by Crippen LogP contribution is 2.36. The molecule has 0 spiro atoms. The summed E-state index contributed by atoms with van der Waals surface area (Å²) >= 11 is 11.9. The van der Waals surface area contributed by atoms with Gasteiger partial charge in [0.15, 0.2) is 5.78 Å². The van der Waals surface area contributed by atoms with E-state index >= 15 is 0 Å². The largest absolute Gasteiger partial charge is 0.288 e. The van der Waals surface area contributed by atoms with Gasteiger partial charge in [0.05, 0.1) is 10.7 Å². The van der Waals surface area contributed by atoms with Gasteiger partial charge in [-0.1, -0.05) is 11.6 Å². The number of aliphatic imine (C=N–C) groups is 1. The van der Waals surface area contributed by atoms with Crippen molar-refractivity contribution in [1.82, 2.24) is 0 Å². The molecule has 1 heterocycles. The Morgan fingerprint density at radius 3 is 2.53 bits per heavy atom. The molecule has 0 radical (unpaired) electrons. The number of carbonyl (C=O) groups is 1. The second-order valence-electron chi connectivity index (χ2n) is 4.00. The van der Waals surface area contributed by atoms with Crippen molar-refractivity contribution in [3.05, 3.63) is 50.9 Å². The van der Waals surface area contributed by atoms with Crippen LogP contribution < -0.4 is 0 Å². The van der Waals surface area contributed by atoms with Crippen LogP contribution in [0.15, 0.2) is 29.3 Å². The van der Waals surface area contributed by atoms with Gasteiger partial charge in [-0.05, 0) is 55.9 Å². The molecule has 0 saturated heterocycles. The molecule has 0 aliphatic rings. The highest BCUT2D eigenvalue weighted by molar-refractivity contribution is 7.78. The van der Waals surface area contributed by atoms with Gasteiger partial charge in [-0.3, -0.25) is 4.79 Å². The van der Waals surface area contributed by atoms with Gasteiger partial charge < -0.3 is 0 Å². The van der Waals surface area contributed by atoms with Crippen LogP contribution >= 0.6 is 35.2 Å². The molecule has 1 aromatic carbocycles. The fraction of sp³-hybridized carbons (Fsp3) is 0.143. The number of isothiocyanates is 1. The molecule has 0 saturated carbocycles. The Kier molecular flexibility index (Phi) is 4.27. The Balaban J connectivity index is 2.55. The first-order chi connectivity index (χ1) is 9.04. The summed E-state index contributed by atoms with van der Waals surface area (Å²) in [5.41, 5.74) is 2.13. The van der Waals surface area contributed by atoms with Gasteiger partial charge in [0.25, 0.3) is 0 Å². The SMILES string of the molecule is Cc1sc(N=C=S)c(C(=O)c2ccc(Cl)cc2)c1C. The molecule has 0 bridgehead atoms. The smallest absolute Gasteiger partial charge is 0.196 e. The van der Waals surface area contributed by atoms with Crippen molar-refractivity contribution >= 4 is 51.1 Å². The van der Waals surface area contributed by atoms with Gasteiger partial charge >= 0.3 is 0 Å². The number of hydrogen-bond donors (Lipinski definition) is 0. The van der Waals surface area contributed by atoms with Crippen LogP contribution in [0.5, 0.6) is 0 Å². The maximum Gasteiger partial charge on any atom is 0.196 e. The average Bonchev–Trinajstić information content (AvgIpc) is 2.66. The van der Waals surface area contributed by atoms with Crippen LogP contribution in [0.3, 0.4) is 0 Å². The summed E-state index contributed by atoms with van der Waals surface area (Å²) in [4.78, 5) is 17.6. The predicted octanol–water partition coefficient (Wildman–Crippen LogP) is 4.98. The first-order valence-electron chi connectivity index (χ1n) is 5.52. The predicted molar refractivity (Wildman–Crippen MR) is 83.4 cm³/mol. The molecule has 0 atom stereocenters. The van der Waals surface area contributed by atoms with Gasteiger partial charge in [-0.25, -0.2) is 0 Å². The molecule has 0 fully saturated rings. The van der Waals surface area contributed by atoms with Crippen molar-refractivity contribution in [2.75, 3.05) is 0 Å². The highest BCUT2D eigenvalue weighted by atomic mass is 35.5. The van der Waals surface area contributed by atoms with Crippen molar-refractivity contribution in [1.29, 1.82) is 0 Å². The quantitative estimate of drug-likeness (QED) is 0.454. The topological polar surface area (TPSA) is 29.4 Å². The summed E-state index contributed by atoms with van der Waals surface area (Å²) in [6.45, 7) is 3.87. The van der Waals surface area contributed by atoms with Crippen LogP contribution in [0.25, 0.3) is 0 Å². The van der Waals surface area contributed by atoms with Crippen molar-refractivity contribution in [3.63, 3.8) is 0 Å². The lowest BCUT2D eigenvalue weighted by atomic mass is 10.0. The first-order valence-corrected chi connectivity index (χ1v) is 7.13. The van der Waals surface area contributed by atoms with Gasteiger partial charge in [0, 0.05) is 15.5 Å². The average molecular weight is 308 g/mol. The van der Waals surface area contributed by atoms with Gasteiger partial charge in [0.1, 0.15) is 5.00 Å². The lowest BCUT2D eigenvalue weighted by Crippen LogP contribution is -2.02. The van der Waals surface area contributed by atoms with E-state index < -0.39 is 0 Å². The maximum atomic E-state index is 12.5. The Labute approximate surface area is 125 Å². The zero-order valence-electron chi connectivity index (χ0n) is 10.4. The third-order valence-corrected chi connectivity index (χ3v) is 4.29. The summed E-state index contributed by atoms with van der Waals surface area (Å²) in [7, 11) is 0. The van der Waals surface area contributed by atoms with Gasteiger partial charge in [0.2, 0.25) is 0 Å². The number of benzene rings is 1. The van der Waals surface area contributed by atoms with Crippen LogP contribution in [-0.4, -0.2) is 10.9 Å². The summed E-state index contributed by atoms with van der Waals surface area (Å²) in [5.74, 6) is -0.0671. The minimum absolute atomic E-state index is 0.0671. The normalized spacial score (nSPS) is 10.1. The molecule has 0 aliphatic heterocycles. The number of carbonyl (C=O) groups excluding carboxylic acids is 1. The van der Waals surface area contributed by atoms with E-state index in [2.05, 4.69) is 22.4 Å². The molecular weight excluding hydrogens is 298 g/mol. The molecule has 96 valence electrons. The Hall–Kier alpha value is -1.32. The molecule has 0 amide bonds. The van der Waals surface area contributed by atoms with Crippen LogP contribution in [0.1, 0.15) is 26.4 Å². The van der Waals surface area contributed by atoms with Crippen LogP contribution in [0.4, 0.5) is 5.00 Å². The molecular formula is C14H10ClNOS2. The fourth-order valence-electron chi connectivity index (χ4n) is 1.74. The van der Waals surface area contributed by atoms with E-state index in [4.69, 9.17) is 11.6 Å². The minimum Gasteiger partial charge on any atom is -0.288 e.